The molecule has 0 fully saturated rings. The van der Waals surface area contributed by atoms with Gasteiger partial charge in [0.25, 0.3) is 0 Å². The minimum atomic E-state index is -0.251. The van der Waals surface area contributed by atoms with Crippen LogP contribution in [0.2, 0.25) is 0 Å². The van der Waals surface area contributed by atoms with Crippen molar-refractivity contribution in [2.45, 2.75) is 24.8 Å². The zero-order valence-corrected chi connectivity index (χ0v) is 12.3. The number of rotatable bonds is 6. The Kier molecular flexibility index (Phi) is 6.48. The zero-order chi connectivity index (χ0) is 12.8. The molecule has 5 heteroatoms. The number of benzene rings is 1. The number of hydrogen-bond acceptors (Lipinski definition) is 3. The van der Waals surface area contributed by atoms with Crippen LogP contribution in [0.25, 0.3) is 0 Å². The van der Waals surface area contributed by atoms with E-state index in [-0.39, 0.29) is 23.7 Å². The number of nitrogens with one attached hydrogen (secondary N) is 1. The molecule has 96 valence electrons. The molecule has 1 aromatic carbocycles. The number of thioether (sulfide) groups is 1. The molecule has 17 heavy (non-hydrogen) atoms. The lowest BCUT2D eigenvalue weighted by Gasteiger charge is -2.21. The van der Waals surface area contributed by atoms with Crippen LogP contribution < -0.4 is 5.32 Å². The summed E-state index contributed by atoms with van der Waals surface area (Å²) in [5.41, 5.74) is 1.02. The molecule has 1 rings (SSSR count). The summed E-state index contributed by atoms with van der Waals surface area (Å²) in [4.78, 5) is 0. The summed E-state index contributed by atoms with van der Waals surface area (Å²) in [6, 6.07) is 5.18. The lowest BCUT2D eigenvalue weighted by molar-refractivity contribution is 0.276. The third kappa shape index (κ3) is 4.58. The average Bonchev–Trinajstić information content (AvgIpc) is 2.32. The highest BCUT2D eigenvalue weighted by Gasteiger charge is 2.14. The Balaban J connectivity index is 2.52. The second-order valence-corrected chi connectivity index (χ2v) is 5.81. The SMILES string of the molecule is CSC(CO)C(C)NCc1ccc(F)c(Br)c1. The van der Waals surface area contributed by atoms with Crippen LogP contribution in [-0.4, -0.2) is 29.3 Å². The number of aliphatic hydroxyl groups excluding tert-OH is 1. The molecule has 0 amide bonds. The van der Waals surface area contributed by atoms with Gasteiger partial charge in [0, 0.05) is 17.8 Å². The van der Waals surface area contributed by atoms with Crippen LogP contribution >= 0.6 is 27.7 Å². The molecule has 2 N–H and O–H groups in total. The smallest absolute Gasteiger partial charge is 0.137 e. The Morgan fingerprint density at radius 1 is 1.53 bits per heavy atom. The van der Waals surface area contributed by atoms with Crippen molar-refractivity contribution >= 4 is 27.7 Å². The monoisotopic (exact) mass is 321 g/mol. The molecule has 0 heterocycles. The maximum Gasteiger partial charge on any atom is 0.137 e. The topological polar surface area (TPSA) is 32.3 Å². The second-order valence-electron chi connectivity index (χ2n) is 3.87. The average molecular weight is 322 g/mol. The highest BCUT2D eigenvalue weighted by Crippen LogP contribution is 2.17. The van der Waals surface area contributed by atoms with Crippen LogP contribution in [0, 0.1) is 5.82 Å². The molecule has 0 aliphatic heterocycles. The summed E-state index contributed by atoms with van der Waals surface area (Å²) in [6.07, 6.45) is 1.98. The van der Waals surface area contributed by atoms with E-state index in [1.165, 1.54) is 6.07 Å². The van der Waals surface area contributed by atoms with Gasteiger partial charge in [-0.05, 0) is 46.8 Å². The van der Waals surface area contributed by atoms with Gasteiger partial charge in [0.2, 0.25) is 0 Å². The fourth-order valence-electron chi connectivity index (χ4n) is 1.50. The first-order chi connectivity index (χ1) is 8.08. The van der Waals surface area contributed by atoms with E-state index >= 15 is 0 Å². The Bertz CT molecular complexity index is 360. The van der Waals surface area contributed by atoms with Crippen molar-refractivity contribution in [2.24, 2.45) is 0 Å². The van der Waals surface area contributed by atoms with Crippen molar-refractivity contribution in [3.05, 3.63) is 34.1 Å². The third-order valence-electron chi connectivity index (χ3n) is 2.65. The van der Waals surface area contributed by atoms with Crippen molar-refractivity contribution < 1.29 is 9.50 Å². The van der Waals surface area contributed by atoms with Crippen molar-refractivity contribution in [3.8, 4) is 0 Å². The number of aliphatic hydroxyl groups is 1. The zero-order valence-electron chi connectivity index (χ0n) is 9.91. The largest absolute Gasteiger partial charge is 0.395 e. The van der Waals surface area contributed by atoms with Crippen molar-refractivity contribution in [1.82, 2.24) is 5.32 Å². The van der Waals surface area contributed by atoms with Crippen LogP contribution in [-0.2, 0) is 6.54 Å². The van der Waals surface area contributed by atoms with Crippen LogP contribution in [0.5, 0.6) is 0 Å². The Morgan fingerprint density at radius 2 is 2.24 bits per heavy atom. The quantitative estimate of drug-likeness (QED) is 0.845. The van der Waals surface area contributed by atoms with Crippen LogP contribution in [0.1, 0.15) is 12.5 Å². The van der Waals surface area contributed by atoms with Crippen LogP contribution in [0.3, 0.4) is 0 Å². The summed E-state index contributed by atoms with van der Waals surface area (Å²) in [7, 11) is 0. The predicted octanol–water partition coefficient (Wildman–Crippen LogP) is 2.79. The van der Waals surface area contributed by atoms with Gasteiger partial charge in [-0.25, -0.2) is 4.39 Å². The highest BCUT2D eigenvalue weighted by atomic mass is 79.9. The Morgan fingerprint density at radius 3 is 2.76 bits per heavy atom. The van der Waals surface area contributed by atoms with Gasteiger partial charge in [-0.15, -0.1) is 0 Å². The standard InChI is InChI=1S/C12H17BrFNOS/c1-8(12(7-16)17-2)15-6-9-3-4-11(14)10(13)5-9/h3-5,8,12,15-16H,6-7H2,1-2H3. The molecule has 0 aromatic heterocycles. The molecule has 0 bridgehead atoms. The molecule has 2 nitrogen and oxygen atoms in total. The molecule has 0 spiro atoms. The molecule has 2 atom stereocenters. The lowest BCUT2D eigenvalue weighted by atomic mass is 10.2. The van der Waals surface area contributed by atoms with Crippen molar-refractivity contribution in [2.75, 3.05) is 12.9 Å². The van der Waals surface area contributed by atoms with Gasteiger partial charge in [0.1, 0.15) is 5.82 Å². The molecular weight excluding hydrogens is 305 g/mol. The molecule has 0 saturated carbocycles. The normalized spacial score (nSPS) is 14.6. The van der Waals surface area contributed by atoms with Gasteiger partial charge in [-0.2, -0.15) is 11.8 Å². The minimum absolute atomic E-state index is 0.155. The maximum atomic E-state index is 13.0. The van der Waals surface area contributed by atoms with E-state index in [0.717, 1.165) is 5.56 Å². The van der Waals surface area contributed by atoms with Gasteiger partial charge < -0.3 is 10.4 Å². The molecule has 1 aromatic rings. The van der Waals surface area contributed by atoms with E-state index < -0.39 is 0 Å². The van der Waals surface area contributed by atoms with E-state index in [1.807, 2.05) is 13.2 Å². The summed E-state index contributed by atoms with van der Waals surface area (Å²) in [5, 5.41) is 12.7. The van der Waals surface area contributed by atoms with Gasteiger partial charge >= 0.3 is 0 Å². The lowest BCUT2D eigenvalue weighted by Crippen LogP contribution is -2.37. The first-order valence-electron chi connectivity index (χ1n) is 5.39. The fraction of sp³-hybridized carbons (Fsp3) is 0.500. The van der Waals surface area contributed by atoms with E-state index in [4.69, 9.17) is 5.11 Å². The first kappa shape index (κ1) is 15.0. The van der Waals surface area contributed by atoms with E-state index in [1.54, 1.807) is 23.9 Å². The van der Waals surface area contributed by atoms with Crippen molar-refractivity contribution in [3.63, 3.8) is 0 Å². The molecule has 0 aliphatic rings. The molecule has 0 saturated heterocycles. The minimum Gasteiger partial charge on any atom is -0.395 e. The summed E-state index contributed by atoms with van der Waals surface area (Å²) >= 11 is 4.80. The van der Waals surface area contributed by atoms with Crippen LogP contribution in [0.4, 0.5) is 4.39 Å². The van der Waals surface area contributed by atoms with E-state index in [9.17, 15) is 4.39 Å². The molecular formula is C12H17BrFNOS. The fourth-order valence-corrected chi connectivity index (χ4v) is 2.58. The van der Waals surface area contributed by atoms with Crippen LogP contribution in [0.15, 0.2) is 22.7 Å². The van der Waals surface area contributed by atoms with E-state index in [2.05, 4.69) is 21.2 Å². The second kappa shape index (κ2) is 7.36. The Hall–Kier alpha value is -0.100. The predicted molar refractivity (Wildman–Crippen MR) is 74.8 cm³/mol. The number of halogens is 2. The third-order valence-corrected chi connectivity index (χ3v) is 4.42. The Labute approximate surface area is 114 Å². The first-order valence-corrected chi connectivity index (χ1v) is 7.47. The van der Waals surface area contributed by atoms with Gasteiger partial charge in [0.15, 0.2) is 0 Å². The molecule has 0 aliphatic carbocycles. The summed E-state index contributed by atoms with van der Waals surface area (Å²) in [5.74, 6) is -0.251. The summed E-state index contributed by atoms with van der Waals surface area (Å²) < 4.78 is 13.5. The van der Waals surface area contributed by atoms with E-state index in [0.29, 0.717) is 11.0 Å². The maximum absolute atomic E-state index is 13.0. The number of hydrogen-bond donors (Lipinski definition) is 2. The van der Waals surface area contributed by atoms with Gasteiger partial charge in [-0.1, -0.05) is 6.07 Å². The van der Waals surface area contributed by atoms with Gasteiger partial charge in [-0.3, -0.25) is 0 Å². The van der Waals surface area contributed by atoms with Gasteiger partial charge in [0.05, 0.1) is 11.1 Å². The highest BCUT2D eigenvalue weighted by molar-refractivity contribution is 9.10. The van der Waals surface area contributed by atoms with Crippen molar-refractivity contribution in [1.29, 1.82) is 0 Å². The molecule has 0 radical (unpaired) electrons. The summed E-state index contributed by atoms with van der Waals surface area (Å²) in [6.45, 7) is 2.86. The molecule has 2 unspecified atom stereocenters.